The van der Waals surface area contributed by atoms with Crippen molar-refractivity contribution < 1.29 is 18.9 Å². The Labute approximate surface area is 269 Å². The van der Waals surface area contributed by atoms with E-state index < -0.39 is 0 Å². The first-order chi connectivity index (χ1) is 21.7. The van der Waals surface area contributed by atoms with Crippen molar-refractivity contribution in [2.75, 3.05) is 59.7 Å². The van der Waals surface area contributed by atoms with Gasteiger partial charge >= 0.3 is 0 Å². The van der Waals surface area contributed by atoms with Crippen LogP contribution in [0.25, 0.3) is 0 Å². The minimum absolute atomic E-state index is 0.144. The fourth-order valence-electron chi connectivity index (χ4n) is 6.69. The zero-order valence-electron chi connectivity index (χ0n) is 28.5. The van der Waals surface area contributed by atoms with E-state index in [-0.39, 0.29) is 11.2 Å². The summed E-state index contributed by atoms with van der Waals surface area (Å²) in [7, 11) is 1.75. The molecule has 4 saturated heterocycles. The molecule has 2 aromatic carbocycles. The monoisotopic (exact) mass is 610 g/mol. The van der Waals surface area contributed by atoms with Gasteiger partial charge in [-0.05, 0) is 31.2 Å². The molecule has 5 aliphatic rings. The SMILES string of the molecule is CC.CC.COC1COC2(CNC2)C1.c1ccc(C2COC3(C2)CN(CCCOC2CCCCC2)C3)cc1.c1ccccc1. The van der Waals surface area contributed by atoms with Crippen molar-refractivity contribution in [3.05, 3.63) is 72.3 Å². The molecule has 5 fully saturated rings. The van der Waals surface area contributed by atoms with E-state index in [2.05, 4.69) is 40.5 Å². The van der Waals surface area contributed by atoms with Crippen molar-refractivity contribution in [1.82, 2.24) is 10.2 Å². The van der Waals surface area contributed by atoms with Crippen LogP contribution in [-0.2, 0) is 18.9 Å². The molecule has 6 heteroatoms. The summed E-state index contributed by atoms with van der Waals surface area (Å²) in [6, 6.07) is 22.9. The lowest BCUT2D eigenvalue weighted by Crippen LogP contribution is -2.61. The number of methoxy groups -OCH3 is 1. The van der Waals surface area contributed by atoms with E-state index in [1.807, 2.05) is 64.1 Å². The molecule has 2 spiro atoms. The summed E-state index contributed by atoms with van der Waals surface area (Å²) in [5.74, 6) is 0.586. The zero-order valence-corrected chi connectivity index (χ0v) is 28.5. The van der Waals surface area contributed by atoms with Gasteiger partial charge in [0.25, 0.3) is 0 Å². The number of hydrogen-bond donors (Lipinski definition) is 1. The Kier molecular flexibility index (Phi) is 17.0. The number of hydrogen-bond acceptors (Lipinski definition) is 6. The maximum absolute atomic E-state index is 6.20. The van der Waals surface area contributed by atoms with E-state index in [1.165, 1.54) is 44.1 Å². The Hall–Kier alpha value is -1.80. The molecule has 0 bridgehead atoms. The summed E-state index contributed by atoms with van der Waals surface area (Å²) in [6.07, 6.45) is 11.0. The fourth-order valence-corrected chi connectivity index (χ4v) is 6.69. The first-order valence-corrected chi connectivity index (χ1v) is 17.6. The third-order valence-corrected chi connectivity index (χ3v) is 9.10. The minimum Gasteiger partial charge on any atom is -0.379 e. The first-order valence-electron chi connectivity index (χ1n) is 17.6. The third-order valence-electron chi connectivity index (χ3n) is 9.10. The smallest absolute Gasteiger partial charge is 0.0956 e. The molecule has 44 heavy (non-hydrogen) atoms. The van der Waals surface area contributed by atoms with E-state index in [1.54, 1.807) is 7.11 Å². The normalized spacial score (nSPS) is 24.6. The van der Waals surface area contributed by atoms with Gasteiger partial charge in [-0.2, -0.15) is 0 Å². The molecule has 2 atom stereocenters. The summed E-state index contributed by atoms with van der Waals surface area (Å²) >= 11 is 0. The van der Waals surface area contributed by atoms with Crippen molar-refractivity contribution in [3.8, 4) is 0 Å². The highest BCUT2D eigenvalue weighted by Crippen LogP contribution is 2.42. The summed E-state index contributed by atoms with van der Waals surface area (Å²) in [5, 5.41) is 3.21. The lowest BCUT2D eigenvalue weighted by atomic mass is 9.84. The standard InChI is InChI=1S/C21H31NO2.C7H13NO2.C6H6.2C2H6/c1-3-8-18(9-4-1)19-14-21(24-15-19)16-22(17-21)12-7-13-23-20-10-5-2-6-11-20;1-9-6-2-7(10-3-6)4-8-5-7;1-2-4-6-5-3-1;2*1-2/h1,3-4,8-9,19-20H,2,5-7,10-17H2;6,8H,2-5H2,1H3;1-6H;2*1-2H3. The summed E-state index contributed by atoms with van der Waals surface area (Å²) in [4.78, 5) is 2.54. The van der Waals surface area contributed by atoms with Crippen LogP contribution in [-0.4, -0.2) is 88.0 Å². The van der Waals surface area contributed by atoms with E-state index in [4.69, 9.17) is 18.9 Å². The first kappa shape index (κ1) is 36.7. The van der Waals surface area contributed by atoms with Crippen LogP contribution >= 0.6 is 0 Å². The van der Waals surface area contributed by atoms with Crippen molar-refractivity contribution in [1.29, 1.82) is 0 Å². The Morgan fingerprint density at radius 2 is 1.34 bits per heavy atom. The second-order valence-electron chi connectivity index (χ2n) is 12.3. The van der Waals surface area contributed by atoms with E-state index in [0.29, 0.717) is 18.1 Å². The molecule has 1 N–H and O–H groups in total. The van der Waals surface area contributed by atoms with Crippen molar-refractivity contribution in [2.45, 2.75) is 108 Å². The highest BCUT2D eigenvalue weighted by molar-refractivity contribution is 5.22. The van der Waals surface area contributed by atoms with Crippen LogP contribution in [0.5, 0.6) is 0 Å². The minimum atomic E-state index is 0.144. The van der Waals surface area contributed by atoms with Crippen LogP contribution in [0.15, 0.2) is 66.7 Å². The second kappa shape index (κ2) is 20.3. The molecule has 2 unspecified atom stereocenters. The molecule has 6 nitrogen and oxygen atoms in total. The average molecular weight is 611 g/mol. The Morgan fingerprint density at radius 3 is 1.86 bits per heavy atom. The molecule has 1 saturated carbocycles. The van der Waals surface area contributed by atoms with Gasteiger partial charge in [-0.15, -0.1) is 0 Å². The van der Waals surface area contributed by atoms with Gasteiger partial charge in [0.1, 0.15) is 0 Å². The number of rotatable bonds is 7. The average Bonchev–Trinajstić information content (AvgIpc) is 3.74. The Balaban J connectivity index is 0.000000216. The van der Waals surface area contributed by atoms with Crippen LogP contribution < -0.4 is 5.32 Å². The van der Waals surface area contributed by atoms with E-state index in [0.717, 1.165) is 65.4 Å². The summed E-state index contributed by atoms with van der Waals surface area (Å²) in [5.41, 5.74) is 1.74. The van der Waals surface area contributed by atoms with Gasteiger partial charge in [0.2, 0.25) is 0 Å². The summed E-state index contributed by atoms with van der Waals surface area (Å²) < 4.78 is 23.0. The van der Waals surface area contributed by atoms with Crippen LogP contribution in [0.2, 0.25) is 0 Å². The predicted molar refractivity (Wildman–Crippen MR) is 182 cm³/mol. The second-order valence-corrected chi connectivity index (χ2v) is 12.3. The van der Waals surface area contributed by atoms with Gasteiger partial charge in [0.15, 0.2) is 0 Å². The largest absolute Gasteiger partial charge is 0.379 e. The summed E-state index contributed by atoms with van der Waals surface area (Å²) in [6.45, 7) is 16.0. The number of benzene rings is 2. The molecule has 248 valence electrons. The molecular formula is C38H62N2O4. The quantitative estimate of drug-likeness (QED) is 0.328. The number of nitrogens with one attached hydrogen (secondary N) is 1. The van der Waals surface area contributed by atoms with Gasteiger partial charge in [0, 0.05) is 58.8 Å². The Morgan fingerprint density at radius 1 is 0.750 bits per heavy atom. The molecule has 2 aromatic rings. The van der Waals surface area contributed by atoms with E-state index in [9.17, 15) is 0 Å². The molecule has 7 rings (SSSR count). The molecular weight excluding hydrogens is 548 g/mol. The van der Waals surface area contributed by atoms with Gasteiger partial charge < -0.3 is 24.3 Å². The fraction of sp³-hybridized carbons (Fsp3) is 0.684. The molecule has 0 radical (unpaired) electrons. The highest BCUT2D eigenvalue weighted by Gasteiger charge is 2.49. The topological polar surface area (TPSA) is 52.2 Å². The lowest BCUT2D eigenvalue weighted by molar-refractivity contribution is -0.113. The molecule has 0 aromatic heterocycles. The molecule has 4 heterocycles. The molecule has 0 amide bonds. The number of ether oxygens (including phenoxy) is 4. The van der Waals surface area contributed by atoms with Gasteiger partial charge in [-0.25, -0.2) is 0 Å². The van der Waals surface area contributed by atoms with Crippen LogP contribution in [0.1, 0.15) is 90.5 Å². The lowest BCUT2D eigenvalue weighted by Gasteiger charge is -2.47. The van der Waals surface area contributed by atoms with Gasteiger partial charge in [-0.3, -0.25) is 4.90 Å². The molecule has 1 aliphatic carbocycles. The highest BCUT2D eigenvalue weighted by atomic mass is 16.6. The maximum Gasteiger partial charge on any atom is 0.0956 e. The number of likely N-dealkylation sites (tertiary alicyclic amines) is 1. The van der Waals surface area contributed by atoms with Gasteiger partial charge in [0.05, 0.1) is 36.6 Å². The van der Waals surface area contributed by atoms with E-state index >= 15 is 0 Å². The number of nitrogens with zero attached hydrogens (tertiary/aromatic N) is 1. The zero-order chi connectivity index (χ0) is 31.5. The van der Waals surface area contributed by atoms with Crippen molar-refractivity contribution >= 4 is 0 Å². The van der Waals surface area contributed by atoms with Crippen molar-refractivity contribution in [3.63, 3.8) is 0 Å². The van der Waals surface area contributed by atoms with Crippen LogP contribution in [0.4, 0.5) is 0 Å². The van der Waals surface area contributed by atoms with Crippen LogP contribution in [0.3, 0.4) is 0 Å². The van der Waals surface area contributed by atoms with Crippen molar-refractivity contribution in [2.24, 2.45) is 0 Å². The third kappa shape index (κ3) is 11.5. The predicted octanol–water partition coefficient (Wildman–Crippen LogP) is 7.49. The maximum atomic E-state index is 6.20. The van der Waals surface area contributed by atoms with Crippen LogP contribution in [0, 0.1) is 0 Å². The molecule has 4 aliphatic heterocycles. The van der Waals surface area contributed by atoms with Gasteiger partial charge in [-0.1, -0.05) is 114 Å². The Bertz CT molecular complexity index is 933.